The van der Waals surface area contributed by atoms with Crippen molar-refractivity contribution >= 4 is 41.3 Å². The summed E-state index contributed by atoms with van der Waals surface area (Å²) in [6.45, 7) is 11.3. The van der Waals surface area contributed by atoms with E-state index in [9.17, 15) is 0 Å². The van der Waals surface area contributed by atoms with Crippen LogP contribution in [0, 0.1) is 6.92 Å². The van der Waals surface area contributed by atoms with Gasteiger partial charge in [-0.25, -0.2) is 0 Å². The maximum atomic E-state index is 4.34. The highest BCUT2D eigenvalue weighted by Crippen LogP contribution is 2.15. The summed E-state index contributed by atoms with van der Waals surface area (Å²) in [6.07, 6.45) is 0. The Morgan fingerprint density at radius 3 is 2.27 bits per heavy atom. The van der Waals surface area contributed by atoms with Crippen LogP contribution in [0.5, 0.6) is 0 Å². The van der Waals surface area contributed by atoms with E-state index in [4.69, 9.17) is 0 Å². The average Bonchev–Trinajstić information content (AvgIpc) is 3.05. The number of guanidine groups is 1. The molecule has 2 N–H and O–H groups in total. The SMILES string of the molecule is CCN(CC)Cc1ccccc1CNC(=NC)NCc1sccc1C.I. The van der Waals surface area contributed by atoms with Crippen molar-refractivity contribution in [3.8, 4) is 0 Å². The smallest absolute Gasteiger partial charge is 0.191 e. The zero-order valence-electron chi connectivity index (χ0n) is 16.2. The van der Waals surface area contributed by atoms with Crippen LogP contribution in [0.15, 0.2) is 40.7 Å². The van der Waals surface area contributed by atoms with E-state index in [-0.39, 0.29) is 24.0 Å². The standard InChI is InChI=1S/C20H30N4S.HI/c1-5-24(6-2)15-18-10-8-7-9-17(18)13-22-20(21-4)23-14-19-16(3)11-12-25-19;/h7-12H,5-6,13-15H2,1-4H3,(H2,21,22,23);1H. The number of rotatable bonds is 8. The number of aryl methyl sites for hydroxylation is 1. The van der Waals surface area contributed by atoms with Gasteiger partial charge in [0.2, 0.25) is 0 Å². The molecule has 1 heterocycles. The van der Waals surface area contributed by atoms with Gasteiger partial charge in [-0.15, -0.1) is 35.3 Å². The summed E-state index contributed by atoms with van der Waals surface area (Å²) in [6, 6.07) is 10.8. The lowest BCUT2D eigenvalue weighted by molar-refractivity contribution is 0.295. The van der Waals surface area contributed by atoms with Crippen LogP contribution < -0.4 is 10.6 Å². The van der Waals surface area contributed by atoms with Crippen LogP contribution in [0.25, 0.3) is 0 Å². The van der Waals surface area contributed by atoms with Crippen LogP contribution in [0.3, 0.4) is 0 Å². The number of halogens is 1. The lowest BCUT2D eigenvalue weighted by Gasteiger charge is -2.20. The Bertz CT molecular complexity index is 680. The summed E-state index contributed by atoms with van der Waals surface area (Å²) in [5.74, 6) is 0.838. The Kier molecular flexibility index (Phi) is 10.8. The number of thiophene rings is 1. The van der Waals surface area contributed by atoms with Crippen LogP contribution in [-0.2, 0) is 19.6 Å². The topological polar surface area (TPSA) is 39.7 Å². The molecule has 0 saturated heterocycles. The highest BCUT2D eigenvalue weighted by atomic mass is 127. The van der Waals surface area contributed by atoms with E-state index in [1.54, 1.807) is 11.3 Å². The summed E-state index contributed by atoms with van der Waals surface area (Å²) < 4.78 is 0. The summed E-state index contributed by atoms with van der Waals surface area (Å²) in [7, 11) is 1.82. The quantitative estimate of drug-likeness (QED) is 0.331. The predicted molar refractivity (Wildman–Crippen MR) is 125 cm³/mol. The third-order valence-electron chi connectivity index (χ3n) is 4.46. The molecule has 0 bridgehead atoms. The summed E-state index contributed by atoms with van der Waals surface area (Å²) in [4.78, 5) is 8.13. The molecular weight excluding hydrogens is 455 g/mol. The fraction of sp³-hybridized carbons (Fsp3) is 0.450. The second-order valence-corrected chi connectivity index (χ2v) is 7.04. The highest BCUT2D eigenvalue weighted by Gasteiger charge is 2.07. The summed E-state index contributed by atoms with van der Waals surface area (Å²) >= 11 is 1.78. The van der Waals surface area contributed by atoms with Gasteiger partial charge in [-0.1, -0.05) is 38.1 Å². The lowest BCUT2D eigenvalue weighted by Crippen LogP contribution is -2.36. The number of hydrogen-bond donors (Lipinski definition) is 2. The van der Waals surface area contributed by atoms with E-state index < -0.39 is 0 Å². The van der Waals surface area contributed by atoms with Gasteiger partial charge < -0.3 is 10.6 Å². The highest BCUT2D eigenvalue weighted by molar-refractivity contribution is 14.0. The minimum atomic E-state index is 0. The van der Waals surface area contributed by atoms with Crippen molar-refractivity contribution in [2.24, 2.45) is 4.99 Å². The van der Waals surface area contributed by atoms with E-state index in [2.05, 4.69) is 77.0 Å². The van der Waals surface area contributed by atoms with Crippen LogP contribution >= 0.6 is 35.3 Å². The van der Waals surface area contributed by atoms with Crippen LogP contribution in [0.2, 0.25) is 0 Å². The molecule has 26 heavy (non-hydrogen) atoms. The number of hydrogen-bond acceptors (Lipinski definition) is 3. The summed E-state index contributed by atoms with van der Waals surface area (Å²) in [5, 5.41) is 8.98. The zero-order valence-corrected chi connectivity index (χ0v) is 19.4. The second kappa shape index (κ2) is 12.3. The fourth-order valence-electron chi connectivity index (χ4n) is 2.72. The normalized spacial score (nSPS) is 11.3. The molecule has 144 valence electrons. The van der Waals surface area contributed by atoms with Crippen molar-refractivity contribution in [3.63, 3.8) is 0 Å². The lowest BCUT2D eigenvalue weighted by atomic mass is 10.1. The monoisotopic (exact) mass is 486 g/mol. The van der Waals surface area contributed by atoms with Gasteiger partial charge in [0.05, 0.1) is 6.54 Å². The number of aliphatic imine (C=N–C) groups is 1. The van der Waals surface area contributed by atoms with Crippen molar-refractivity contribution in [3.05, 3.63) is 57.3 Å². The fourth-order valence-corrected chi connectivity index (χ4v) is 3.57. The van der Waals surface area contributed by atoms with Gasteiger partial charge in [-0.05, 0) is 48.2 Å². The molecule has 2 rings (SSSR count). The molecule has 0 aliphatic heterocycles. The van der Waals surface area contributed by atoms with Gasteiger partial charge >= 0.3 is 0 Å². The first kappa shape index (κ1) is 22.9. The van der Waals surface area contributed by atoms with Gasteiger partial charge in [-0.3, -0.25) is 9.89 Å². The van der Waals surface area contributed by atoms with Crippen LogP contribution in [0.1, 0.15) is 35.4 Å². The van der Waals surface area contributed by atoms with Crippen molar-refractivity contribution in [2.75, 3.05) is 20.1 Å². The Labute approximate surface area is 179 Å². The predicted octanol–water partition coefficient (Wildman–Crippen LogP) is 4.38. The molecule has 0 aliphatic rings. The van der Waals surface area contributed by atoms with Gasteiger partial charge in [0, 0.05) is 25.0 Å². The van der Waals surface area contributed by atoms with E-state index >= 15 is 0 Å². The van der Waals surface area contributed by atoms with Crippen molar-refractivity contribution in [1.29, 1.82) is 0 Å². The Hall–Kier alpha value is -1.12. The minimum Gasteiger partial charge on any atom is -0.352 e. The van der Waals surface area contributed by atoms with E-state index in [0.29, 0.717) is 0 Å². The van der Waals surface area contributed by atoms with Gasteiger partial charge in [0.15, 0.2) is 5.96 Å². The number of nitrogens with one attached hydrogen (secondary N) is 2. The largest absolute Gasteiger partial charge is 0.352 e. The molecule has 0 aliphatic carbocycles. The van der Waals surface area contributed by atoms with Crippen LogP contribution in [0.4, 0.5) is 0 Å². The van der Waals surface area contributed by atoms with Gasteiger partial charge in [0.25, 0.3) is 0 Å². The molecule has 4 nitrogen and oxygen atoms in total. The Morgan fingerprint density at radius 2 is 1.69 bits per heavy atom. The van der Waals surface area contributed by atoms with Crippen molar-refractivity contribution in [1.82, 2.24) is 15.5 Å². The van der Waals surface area contributed by atoms with Gasteiger partial charge in [-0.2, -0.15) is 0 Å². The molecule has 0 spiro atoms. The Balaban J connectivity index is 0.00000338. The number of benzene rings is 1. The third kappa shape index (κ3) is 6.89. The average molecular weight is 486 g/mol. The molecule has 0 atom stereocenters. The minimum absolute atomic E-state index is 0. The van der Waals surface area contributed by atoms with Crippen molar-refractivity contribution in [2.45, 2.75) is 40.4 Å². The first-order chi connectivity index (χ1) is 12.2. The van der Waals surface area contributed by atoms with E-state index in [1.807, 2.05) is 7.05 Å². The van der Waals surface area contributed by atoms with E-state index in [1.165, 1.54) is 21.6 Å². The maximum absolute atomic E-state index is 4.34. The van der Waals surface area contributed by atoms with Crippen molar-refractivity contribution < 1.29 is 0 Å². The molecule has 0 radical (unpaired) electrons. The molecule has 0 saturated carbocycles. The molecule has 6 heteroatoms. The third-order valence-corrected chi connectivity index (χ3v) is 5.48. The first-order valence-electron chi connectivity index (χ1n) is 8.94. The van der Waals surface area contributed by atoms with Crippen LogP contribution in [-0.4, -0.2) is 31.0 Å². The molecular formula is C20H31IN4S. The maximum Gasteiger partial charge on any atom is 0.191 e. The molecule has 0 amide bonds. The first-order valence-corrected chi connectivity index (χ1v) is 9.82. The second-order valence-electron chi connectivity index (χ2n) is 6.04. The van der Waals surface area contributed by atoms with E-state index in [0.717, 1.165) is 38.7 Å². The molecule has 0 fully saturated rings. The number of nitrogens with zero attached hydrogens (tertiary/aromatic N) is 2. The molecule has 2 aromatic rings. The molecule has 0 unspecified atom stereocenters. The molecule has 1 aromatic heterocycles. The summed E-state index contributed by atoms with van der Waals surface area (Å²) in [5.41, 5.74) is 4.03. The molecule has 1 aromatic carbocycles. The zero-order chi connectivity index (χ0) is 18.1. The Morgan fingerprint density at radius 1 is 1.04 bits per heavy atom. The van der Waals surface area contributed by atoms with Gasteiger partial charge in [0.1, 0.15) is 0 Å².